The van der Waals surface area contributed by atoms with E-state index >= 15 is 0 Å². The SMILES string of the molecule is O=C(Nc1ccc2c(c1)OCCO2)c1ccccc1NC(=S)NCCCN1CCOCC1. The van der Waals surface area contributed by atoms with Crippen LogP contribution in [-0.4, -0.2) is 68.5 Å². The first-order valence-corrected chi connectivity index (χ1v) is 11.2. The summed E-state index contributed by atoms with van der Waals surface area (Å²) in [6.45, 7) is 6.36. The van der Waals surface area contributed by atoms with Crippen LogP contribution in [0.1, 0.15) is 16.8 Å². The van der Waals surface area contributed by atoms with Crippen LogP contribution in [0.15, 0.2) is 42.5 Å². The molecule has 32 heavy (non-hydrogen) atoms. The largest absolute Gasteiger partial charge is 0.486 e. The number of benzene rings is 2. The van der Waals surface area contributed by atoms with Gasteiger partial charge in [-0.1, -0.05) is 12.1 Å². The lowest BCUT2D eigenvalue weighted by Gasteiger charge is -2.26. The zero-order chi connectivity index (χ0) is 22.2. The maximum atomic E-state index is 12.9. The normalized spacial score (nSPS) is 15.6. The van der Waals surface area contributed by atoms with Crippen molar-refractivity contribution in [3.63, 3.8) is 0 Å². The number of nitrogens with one attached hydrogen (secondary N) is 3. The first-order chi connectivity index (χ1) is 15.7. The molecule has 3 N–H and O–H groups in total. The zero-order valence-corrected chi connectivity index (χ0v) is 18.7. The lowest BCUT2D eigenvalue weighted by Crippen LogP contribution is -2.38. The van der Waals surface area contributed by atoms with E-state index in [0.29, 0.717) is 46.8 Å². The maximum absolute atomic E-state index is 12.9. The Labute approximate surface area is 193 Å². The van der Waals surface area contributed by atoms with Crippen LogP contribution in [0, 0.1) is 0 Å². The Morgan fingerprint density at radius 3 is 2.59 bits per heavy atom. The lowest BCUT2D eigenvalue weighted by atomic mass is 10.1. The molecule has 0 bridgehead atoms. The summed E-state index contributed by atoms with van der Waals surface area (Å²) < 4.78 is 16.5. The Kier molecular flexibility index (Phi) is 7.76. The fourth-order valence-electron chi connectivity index (χ4n) is 3.61. The fraction of sp³-hybridized carbons (Fsp3) is 0.391. The van der Waals surface area contributed by atoms with E-state index in [1.165, 1.54) is 0 Å². The number of anilines is 2. The zero-order valence-electron chi connectivity index (χ0n) is 17.9. The minimum absolute atomic E-state index is 0.236. The summed E-state index contributed by atoms with van der Waals surface area (Å²) in [6.07, 6.45) is 0.980. The second kappa shape index (κ2) is 11.1. The highest BCUT2D eigenvalue weighted by molar-refractivity contribution is 7.80. The summed E-state index contributed by atoms with van der Waals surface area (Å²) >= 11 is 5.43. The van der Waals surface area contributed by atoms with Gasteiger partial charge >= 0.3 is 0 Å². The monoisotopic (exact) mass is 456 g/mol. The molecular weight excluding hydrogens is 428 g/mol. The van der Waals surface area contributed by atoms with Crippen LogP contribution in [0.25, 0.3) is 0 Å². The molecule has 2 aromatic rings. The number of fused-ring (bicyclic) bond motifs is 1. The molecule has 0 radical (unpaired) electrons. The smallest absolute Gasteiger partial charge is 0.257 e. The first-order valence-electron chi connectivity index (χ1n) is 10.8. The van der Waals surface area contributed by atoms with Crippen LogP contribution >= 0.6 is 12.2 Å². The Bertz CT molecular complexity index is 949. The summed E-state index contributed by atoms with van der Waals surface area (Å²) in [7, 11) is 0. The molecule has 4 rings (SSSR count). The summed E-state index contributed by atoms with van der Waals surface area (Å²) in [4.78, 5) is 15.3. The van der Waals surface area contributed by atoms with E-state index in [2.05, 4.69) is 20.9 Å². The molecule has 170 valence electrons. The molecular formula is C23H28N4O4S. The van der Waals surface area contributed by atoms with Gasteiger partial charge in [0.25, 0.3) is 5.91 Å². The number of amides is 1. The Morgan fingerprint density at radius 1 is 0.969 bits per heavy atom. The number of carbonyl (C=O) groups excluding carboxylic acids is 1. The van der Waals surface area contributed by atoms with Gasteiger partial charge in [-0.15, -0.1) is 0 Å². The highest BCUT2D eigenvalue weighted by atomic mass is 32.1. The second-order valence-corrected chi connectivity index (χ2v) is 7.95. The third-order valence-electron chi connectivity index (χ3n) is 5.26. The average molecular weight is 457 g/mol. The molecule has 0 aromatic heterocycles. The first kappa shape index (κ1) is 22.3. The molecule has 2 heterocycles. The highest BCUT2D eigenvalue weighted by Gasteiger charge is 2.16. The Balaban J connectivity index is 1.29. The maximum Gasteiger partial charge on any atom is 0.257 e. The van der Waals surface area contributed by atoms with Crippen LogP contribution in [0.3, 0.4) is 0 Å². The predicted octanol–water partition coefficient (Wildman–Crippen LogP) is 2.72. The molecule has 1 amide bonds. The minimum Gasteiger partial charge on any atom is -0.486 e. The van der Waals surface area contributed by atoms with Gasteiger partial charge < -0.3 is 30.2 Å². The molecule has 0 saturated carbocycles. The van der Waals surface area contributed by atoms with Crippen molar-refractivity contribution in [1.29, 1.82) is 0 Å². The van der Waals surface area contributed by atoms with Crippen LogP contribution in [0.5, 0.6) is 11.5 Å². The molecule has 0 aliphatic carbocycles. The molecule has 2 aliphatic rings. The van der Waals surface area contributed by atoms with Crippen molar-refractivity contribution in [3.8, 4) is 11.5 Å². The third kappa shape index (κ3) is 6.09. The molecule has 2 aliphatic heterocycles. The molecule has 0 unspecified atom stereocenters. The van der Waals surface area contributed by atoms with E-state index in [0.717, 1.165) is 45.8 Å². The van der Waals surface area contributed by atoms with E-state index in [1.54, 1.807) is 24.3 Å². The quantitative estimate of drug-likeness (QED) is 0.433. The van der Waals surface area contributed by atoms with Crippen LogP contribution < -0.4 is 25.4 Å². The van der Waals surface area contributed by atoms with Crippen molar-refractivity contribution < 1.29 is 19.0 Å². The van der Waals surface area contributed by atoms with Crippen molar-refractivity contribution in [2.45, 2.75) is 6.42 Å². The summed E-state index contributed by atoms with van der Waals surface area (Å²) in [5.74, 6) is 1.07. The standard InChI is InChI=1S/C23H28N4O4S/c28-22(25-17-6-7-20-21(16-17)31-15-14-30-20)18-4-1-2-5-19(18)26-23(32)24-8-3-9-27-10-12-29-13-11-27/h1-2,4-7,16H,3,8-15H2,(H,25,28)(H2,24,26,32). The number of para-hydroxylation sites is 1. The molecule has 8 nitrogen and oxygen atoms in total. The Morgan fingerprint density at radius 2 is 1.75 bits per heavy atom. The highest BCUT2D eigenvalue weighted by Crippen LogP contribution is 2.32. The third-order valence-corrected chi connectivity index (χ3v) is 5.51. The molecule has 0 atom stereocenters. The Hall–Kier alpha value is -2.88. The van der Waals surface area contributed by atoms with Crippen LogP contribution in [0.2, 0.25) is 0 Å². The molecule has 1 saturated heterocycles. The van der Waals surface area contributed by atoms with Crippen LogP contribution in [-0.2, 0) is 4.74 Å². The van der Waals surface area contributed by atoms with Gasteiger partial charge in [0.15, 0.2) is 16.6 Å². The van der Waals surface area contributed by atoms with E-state index in [1.807, 2.05) is 18.2 Å². The van der Waals surface area contributed by atoms with Crippen molar-refractivity contribution in [2.75, 3.05) is 63.2 Å². The predicted molar refractivity (Wildman–Crippen MR) is 128 cm³/mol. The van der Waals surface area contributed by atoms with Crippen molar-refractivity contribution in [3.05, 3.63) is 48.0 Å². The van der Waals surface area contributed by atoms with E-state index in [-0.39, 0.29) is 5.91 Å². The second-order valence-electron chi connectivity index (χ2n) is 7.55. The van der Waals surface area contributed by atoms with E-state index in [9.17, 15) is 4.79 Å². The van der Waals surface area contributed by atoms with Crippen molar-refractivity contribution >= 4 is 34.6 Å². The van der Waals surface area contributed by atoms with Crippen molar-refractivity contribution in [1.82, 2.24) is 10.2 Å². The summed E-state index contributed by atoms with van der Waals surface area (Å²) in [6, 6.07) is 12.6. The number of morpholine rings is 1. The minimum atomic E-state index is -0.236. The number of carbonyl (C=O) groups is 1. The lowest BCUT2D eigenvalue weighted by molar-refractivity contribution is 0.0376. The number of rotatable bonds is 7. The number of ether oxygens (including phenoxy) is 3. The number of hydrogen-bond donors (Lipinski definition) is 3. The van der Waals surface area contributed by atoms with Gasteiger partial charge in [0.05, 0.1) is 24.5 Å². The molecule has 9 heteroatoms. The van der Waals surface area contributed by atoms with Crippen molar-refractivity contribution in [2.24, 2.45) is 0 Å². The molecule has 0 spiro atoms. The summed E-state index contributed by atoms with van der Waals surface area (Å²) in [5.41, 5.74) is 1.78. The van der Waals surface area contributed by atoms with Gasteiger partial charge in [-0.05, 0) is 49.4 Å². The molecule has 1 fully saturated rings. The number of nitrogens with zero attached hydrogens (tertiary/aromatic N) is 1. The number of hydrogen-bond acceptors (Lipinski definition) is 6. The van der Waals surface area contributed by atoms with E-state index in [4.69, 9.17) is 26.4 Å². The van der Waals surface area contributed by atoms with Gasteiger partial charge in [0.2, 0.25) is 0 Å². The van der Waals surface area contributed by atoms with Gasteiger partial charge in [0.1, 0.15) is 13.2 Å². The van der Waals surface area contributed by atoms with E-state index < -0.39 is 0 Å². The average Bonchev–Trinajstić information content (AvgIpc) is 2.83. The van der Waals surface area contributed by atoms with Crippen LogP contribution in [0.4, 0.5) is 11.4 Å². The van der Waals surface area contributed by atoms with Gasteiger partial charge in [-0.3, -0.25) is 9.69 Å². The van der Waals surface area contributed by atoms with Gasteiger partial charge in [-0.2, -0.15) is 0 Å². The summed E-state index contributed by atoms with van der Waals surface area (Å²) in [5, 5.41) is 9.78. The fourth-order valence-corrected chi connectivity index (χ4v) is 3.82. The number of thiocarbonyl (C=S) groups is 1. The van der Waals surface area contributed by atoms with Gasteiger partial charge in [0, 0.05) is 31.4 Å². The topological polar surface area (TPSA) is 84.1 Å². The van der Waals surface area contributed by atoms with Gasteiger partial charge in [-0.25, -0.2) is 0 Å². The molecule has 2 aromatic carbocycles.